The Morgan fingerprint density at radius 2 is 2.31 bits per heavy atom. The molecule has 0 radical (unpaired) electrons. The summed E-state index contributed by atoms with van der Waals surface area (Å²) >= 11 is 3.02. The van der Waals surface area contributed by atoms with Gasteiger partial charge in [0.15, 0.2) is 0 Å². The number of carbonyl (C=O) groups is 1. The van der Waals surface area contributed by atoms with Gasteiger partial charge < -0.3 is 5.32 Å². The number of hydrogen-bond acceptors (Lipinski definition) is 2. The van der Waals surface area contributed by atoms with Crippen molar-refractivity contribution in [3.8, 4) is 0 Å². The van der Waals surface area contributed by atoms with Crippen LogP contribution in [0.15, 0.2) is 35.1 Å². The zero-order valence-electron chi connectivity index (χ0n) is 8.00. The highest BCUT2D eigenvalue weighted by Crippen LogP contribution is 2.17. The standard InChI is InChI=1S/C10H7BrFN3O/c11-8-3-6(1-2-9(8)12)10(16)15-7-4-13-14-5-7/h1-5H,(H,13,14)(H,15,16). The van der Waals surface area contributed by atoms with E-state index in [1.165, 1.54) is 24.4 Å². The number of H-pyrrole nitrogens is 1. The molecule has 0 saturated heterocycles. The van der Waals surface area contributed by atoms with Crippen LogP contribution in [0.25, 0.3) is 0 Å². The van der Waals surface area contributed by atoms with Crippen LogP contribution < -0.4 is 5.32 Å². The minimum absolute atomic E-state index is 0.257. The third-order valence-electron chi connectivity index (χ3n) is 1.94. The van der Waals surface area contributed by atoms with Gasteiger partial charge in [-0.15, -0.1) is 0 Å². The summed E-state index contributed by atoms with van der Waals surface area (Å²) in [6.45, 7) is 0. The Balaban J connectivity index is 2.18. The number of hydrogen-bond donors (Lipinski definition) is 2. The lowest BCUT2D eigenvalue weighted by Gasteiger charge is -2.03. The Hall–Kier alpha value is -1.69. The molecule has 2 rings (SSSR count). The maximum absolute atomic E-state index is 12.9. The Bertz CT molecular complexity index is 513. The molecule has 1 heterocycles. The van der Waals surface area contributed by atoms with E-state index in [0.717, 1.165) is 0 Å². The van der Waals surface area contributed by atoms with Crippen LogP contribution in [0.3, 0.4) is 0 Å². The highest BCUT2D eigenvalue weighted by molar-refractivity contribution is 9.10. The molecule has 1 aromatic carbocycles. The number of rotatable bonds is 2. The molecule has 0 saturated carbocycles. The van der Waals surface area contributed by atoms with E-state index < -0.39 is 5.82 Å². The fourth-order valence-corrected chi connectivity index (χ4v) is 1.54. The molecule has 1 amide bonds. The summed E-state index contributed by atoms with van der Waals surface area (Å²) in [7, 11) is 0. The molecule has 4 nitrogen and oxygen atoms in total. The molecule has 0 aliphatic rings. The molecular formula is C10H7BrFN3O. The Morgan fingerprint density at radius 3 is 2.94 bits per heavy atom. The molecule has 82 valence electrons. The largest absolute Gasteiger partial charge is 0.319 e. The molecule has 1 aromatic heterocycles. The maximum atomic E-state index is 12.9. The number of aromatic amines is 1. The first-order valence-corrected chi connectivity index (χ1v) is 5.21. The monoisotopic (exact) mass is 283 g/mol. The Morgan fingerprint density at radius 1 is 1.50 bits per heavy atom. The van der Waals surface area contributed by atoms with Crippen molar-refractivity contribution in [3.63, 3.8) is 0 Å². The first kappa shape index (κ1) is 10.8. The number of aromatic nitrogens is 2. The minimum Gasteiger partial charge on any atom is -0.319 e. The molecular weight excluding hydrogens is 277 g/mol. The first-order valence-electron chi connectivity index (χ1n) is 4.42. The lowest BCUT2D eigenvalue weighted by molar-refractivity contribution is 0.102. The van der Waals surface area contributed by atoms with Gasteiger partial charge in [-0.2, -0.15) is 5.10 Å². The van der Waals surface area contributed by atoms with Crippen molar-refractivity contribution in [3.05, 3.63) is 46.4 Å². The fourth-order valence-electron chi connectivity index (χ4n) is 1.16. The van der Waals surface area contributed by atoms with Gasteiger partial charge in [-0.1, -0.05) is 0 Å². The zero-order valence-corrected chi connectivity index (χ0v) is 9.58. The number of carbonyl (C=O) groups excluding carboxylic acids is 1. The van der Waals surface area contributed by atoms with Crippen molar-refractivity contribution in [2.45, 2.75) is 0 Å². The van der Waals surface area contributed by atoms with Gasteiger partial charge >= 0.3 is 0 Å². The summed E-state index contributed by atoms with van der Waals surface area (Å²) in [5, 5.41) is 8.87. The van der Waals surface area contributed by atoms with Gasteiger partial charge in [0.2, 0.25) is 0 Å². The normalized spacial score (nSPS) is 10.1. The first-order chi connectivity index (χ1) is 7.66. The molecule has 0 atom stereocenters. The molecule has 0 aliphatic carbocycles. The smallest absolute Gasteiger partial charge is 0.255 e. The van der Waals surface area contributed by atoms with Gasteiger partial charge in [-0.05, 0) is 34.1 Å². The summed E-state index contributed by atoms with van der Waals surface area (Å²) in [6.07, 6.45) is 3.03. The molecule has 2 aromatic rings. The number of benzene rings is 1. The molecule has 0 aliphatic heterocycles. The number of amides is 1. The van der Waals surface area contributed by atoms with E-state index in [9.17, 15) is 9.18 Å². The molecule has 6 heteroatoms. The Kier molecular flexibility index (Phi) is 3.00. The van der Waals surface area contributed by atoms with Crippen molar-refractivity contribution in [2.24, 2.45) is 0 Å². The molecule has 0 bridgehead atoms. The predicted octanol–water partition coefficient (Wildman–Crippen LogP) is 2.56. The molecule has 2 N–H and O–H groups in total. The zero-order chi connectivity index (χ0) is 11.5. The highest BCUT2D eigenvalue weighted by atomic mass is 79.9. The number of nitrogens with zero attached hydrogens (tertiary/aromatic N) is 1. The van der Waals surface area contributed by atoms with E-state index in [-0.39, 0.29) is 10.4 Å². The van der Waals surface area contributed by atoms with Crippen LogP contribution >= 0.6 is 15.9 Å². The number of halogens is 2. The summed E-state index contributed by atoms with van der Waals surface area (Å²) in [5.41, 5.74) is 0.930. The second kappa shape index (κ2) is 4.44. The highest BCUT2D eigenvalue weighted by Gasteiger charge is 2.08. The summed E-state index contributed by atoms with van der Waals surface area (Å²) in [5.74, 6) is -0.720. The van der Waals surface area contributed by atoms with Crippen LogP contribution in [0.2, 0.25) is 0 Å². The third kappa shape index (κ3) is 2.27. The van der Waals surface area contributed by atoms with Crippen LogP contribution in [0.4, 0.5) is 10.1 Å². The second-order valence-electron chi connectivity index (χ2n) is 3.07. The van der Waals surface area contributed by atoms with Gasteiger partial charge in [0, 0.05) is 11.8 Å². The lowest BCUT2D eigenvalue weighted by atomic mass is 10.2. The van der Waals surface area contributed by atoms with Crippen molar-refractivity contribution in [2.75, 3.05) is 5.32 Å². The van der Waals surface area contributed by atoms with Gasteiger partial charge in [0.05, 0.1) is 16.4 Å². The second-order valence-corrected chi connectivity index (χ2v) is 3.92. The fraction of sp³-hybridized carbons (Fsp3) is 0. The molecule has 0 fully saturated rings. The van der Waals surface area contributed by atoms with Crippen molar-refractivity contribution in [1.82, 2.24) is 10.2 Å². The van der Waals surface area contributed by atoms with E-state index >= 15 is 0 Å². The Labute approximate surface area is 99.0 Å². The van der Waals surface area contributed by atoms with E-state index in [1.807, 2.05) is 0 Å². The van der Waals surface area contributed by atoms with Crippen LogP contribution in [-0.2, 0) is 0 Å². The average molecular weight is 284 g/mol. The van der Waals surface area contributed by atoms with Crippen LogP contribution in [-0.4, -0.2) is 16.1 Å². The van der Waals surface area contributed by atoms with Crippen molar-refractivity contribution < 1.29 is 9.18 Å². The van der Waals surface area contributed by atoms with Gasteiger partial charge in [-0.25, -0.2) is 4.39 Å². The van der Waals surface area contributed by atoms with E-state index in [4.69, 9.17) is 0 Å². The van der Waals surface area contributed by atoms with Crippen LogP contribution in [0, 0.1) is 5.82 Å². The summed E-state index contributed by atoms with van der Waals surface area (Å²) in [4.78, 5) is 11.7. The van der Waals surface area contributed by atoms with Crippen molar-refractivity contribution in [1.29, 1.82) is 0 Å². The molecule has 0 unspecified atom stereocenters. The number of anilines is 1. The van der Waals surface area contributed by atoms with E-state index in [0.29, 0.717) is 11.3 Å². The van der Waals surface area contributed by atoms with Gasteiger partial charge in [-0.3, -0.25) is 9.89 Å². The predicted molar refractivity (Wildman–Crippen MR) is 60.6 cm³/mol. The molecule has 16 heavy (non-hydrogen) atoms. The quantitative estimate of drug-likeness (QED) is 0.890. The van der Waals surface area contributed by atoms with E-state index in [1.54, 1.807) is 6.20 Å². The van der Waals surface area contributed by atoms with Crippen LogP contribution in [0.5, 0.6) is 0 Å². The third-order valence-corrected chi connectivity index (χ3v) is 2.55. The summed E-state index contributed by atoms with van der Waals surface area (Å²) < 4.78 is 13.2. The maximum Gasteiger partial charge on any atom is 0.255 e. The average Bonchev–Trinajstić information content (AvgIpc) is 2.74. The SMILES string of the molecule is O=C(Nc1cn[nH]c1)c1ccc(F)c(Br)c1. The molecule has 0 spiro atoms. The summed E-state index contributed by atoms with van der Waals surface area (Å²) in [6, 6.07) is 4.06. The lowest BCUT2D eigenvalue weighted by Crippen LogP contribution is -2.11. The van der Waals surface area contributed by atoms with Crippen LogP contribution in [0.1, 0.15) is 10.4 Å². The van der Waals surface area contributed by atoms with Gasteiger partial charge in [0.1, 0.15) is 5.82 Å². The van der Waals surface area contributed by atoms with Gasteiger partial charge in [0.25, 0.3) is 5.91 Å². The number of nitrogens with one attached hydrogen (secondary N) is 2. The van der Waals surface area contributed by atoms with Crippen molar-refractivity contribution >= 4 is 27.5 Å². The minimum atomic E-state index is -0.403. The topological polar surface area (TPSA) is 57.8 Å². The van der Waals surface area contributed by atoms with E-state index in [2.05, 4.69) is 31.4 Å².